The first-order valence-corrected chi connectivity index (χ1v) is 8.71. The molecule has 21 heavy (non-hydrogen) atoms. The lowest BCUT2D eigenvalue weighted by Crippen LogP contribution is -2.24. The van der Waals surface area contributed by atoms with E-state index in [0.29, 0.717) is 12.1 Å². The van der Waals surface area contributed by atoms with E-state index < -0.39 is 0 Å². The first-order chi connectivity index (χ1) is 10.3. The monoisotopic (exact) mass is 301 g/mol. The molecule has 1 N–H and O–H groups in total. The van der Waals surface area contributed by atoms with E-state index in [1.807, 2.05) is 11.3 Å². The third kappa shape index (κ3) is 3.30. The number of thiophene rings is 1. The third-order valence-corrected chi connectivity index (χ3v) is 5.11. The second kappa shape index (κ2) is 6.63. The molecule has 0 aliphatic carbocycles. The molecule has 2 atom stereocenters. The summed E-state index contributed by atoms with van der Waals surface area (Å²) in [5.74, 6) is 1.06. The average Bonchev–Trinajstić information content (AvgIpc) is 3.17. The molecule has 3 rings (SSSR count). The van der Waals surface area contributed by atoms with E-state index in [1.165, 1.54) is 28.8 Å². The molecule has 0 saturated heterocycles. The van der Waals surface area contributed by atoms with Gasteiger partial charge in [-0.25, -0.2) is 0 Å². The van der Waals surface area contributed by atoms with E-state index in [2.05, 4.69) is 54.9 Å². The van der Waals surface area contributed by atoms with Crippen molar-refractivity contribution in [2.45, 2.75) is 45.2 Å². The number of hydrogen-bond acceptors (Lipinski definition) is 3. The highest BCUT2D eigenvalue weighted by Gasteiger charge is 2.18. The number of benzene rings is 1. The predicted molar refractivity (Wildman–Crippen MR) is 89.2 cm³/mol. The Morgan fingerprint density at radius 2 is 2.24 bits per heavy atom. The van der Waals surface area contributed by atoms with Crippen LogP contribution in [0, 0.1) is 0 Å². The summed E-state index contributed by atoms with van der Waals surface area (Å²) in [7, 11) is 0. The van der Waals surface area contributed by atoms with Crippen LogP contribution in [0.5, 0.6) is 5.75 Å². The molecule has 1 aliphatic rings. The molecular formula is C18H23NOS. The Morgan fingerprint density at radius 3 is 3.00 bits per heavy atom. The molecule has 2 aromatic rings. The SMILES string of the molecule is CCCC(NC(C)c1ccc2c(c1)CCO2)c1cccs1. The molecule has 0 fully saturated rings. The van der Waals surface area contributed by atoms with Crippen molar-refractivity contribution >= 4 is 11.3 Å². The van der Waals surface area contributed by atoms with Gasteiger partial charge in [0.15, 0.2) is 0 Å². The van der Waals surface area contributed by atoms with Crippen LogP contribution in [-0.4, -0.2) is 6.61 Å². The van der Waals surface area contributed by atoms with Gasteiger partial charge < -0.3 is 10.1 Å². The molecule has 2 nitrogen and oxygen atoms in total. The summed E-state index contributed by atoms with van der Waals surface area (Å²) in [5, 5.41) is 5.96. The summed E-state index contributed by atoms with van der Waals surface area (Å²) in [4.78, 5) is 1.44. The second-order valence-corrected chi connectivity index (χ2v) is 6.69. The quantitative estimate of drug-likeness (QED) is 0.821. The van der Waals surface area contributed by atoms with Gasteiger partial charge in [0.05, 0.1) is 6.61 Å². The van der Waals surface area contributed by atoms with Crippen LogP contribution in [-0.2, 0) is 6.42 Å². The van der Waals surface area contributed by atoms with E-state index in [0.717, 1.165) is 18.8 Å². The molecule has 0 spiro atoms. The van der Waals surface area contributed by atoms with Crippen LogP contribution >= 0.6 is 11.3 Å². The summed E-state index contributed by atoms with van der Waals surface area (Å²) < 4.78 is 5.59. The van der Waals surface area contributed by atoms with Crippen molar-refractivity contribution in [1.29, 1.82) is 0 Å². The number of rotatable bonds is 6. The molecular weight excluding hydrogens is 278 g/mol. The first kappa shape index (κ1) is 14.6. The third-order valence-electron chi connectivity index (χ3n) is 4.13. The fraction of sp³-hybridized carbons (Fsp3) is 0.444. The highest BCUT2D eigenvalue weighted by molar-refractivity contribution is 7.10. The van der Waals surface area contributed by atoms with Crippen LogP contribution in [0.25, 0.3) is 0 Å². The van der Waals surface area contributed by atoms with Crippen molar-refractivity contribution in [3.63, 3.8) is 0 Å². The molecule has 3 heteroatoms. The molecule has 0 amide bonds. The van der Waals surface area contributed by atoms with Crippen molar-refractivity contribution in [3.05, 3.63) is 51.7 Å². The van der Waals surface area contributed by atoms with E-state index in [1.54, 1.807) is 0 Å². The lowest BCUT2D eigenvalue weighted by Gasteiger charge is -2.23. The average molecular weight is 301 g/mol. The van der Waals surface area contributed by atoms with Crippen LogP contribution in [0.3, 0.4) is 0 Å². The molecule has 112 valence electrons. The highest BCUT2D eigenvalue weighted by Crippen LogP contribution is 2.30. The van der Waals surface area contributed by atoms with Gasteiger partial charge in [-0.1, -0.05) is 31.5 Å². The van der Waals surface area contributed by atoms with Gasteiger partial charge in [-0.15, -0.1) is 11.3 Å². The Kier molecular flexibility index (Phi) is 4.61. The Hall–Kier alpha value is -1.32. The van der Waals surface area contributed by atoms with E-state index in [4.69, 9.17) is 4.74 Å². The number of ether oxygens (including phenoxy) is 1. The van der Waals surface area contributed by atoms with Gasteiger partial charge in [-0.05, 0) is 42.0 Å². The molecule has 0 bridgehead atoms. The van der Waals surface area contributed by atoms with Crippen LogP contribution in [0.15, 0.2) is 35.7 Å². The maximum Gasteiger partial charge on any atom is 0.122 e. The Balaban J connectivity index is 1.73. The van der Waals surface area contributed by atoms with Gasteiger partial charge >= 0.3 is 0 Å². The fourth-order valence-corrected chi connectivity index (χ4v) is 3.78. The predicted octanol–water partition coefficient (Wildman–Crippen LogP) is 4.88. The first-order valence-electron chi connectivity index (χ1n) is 7.83. The molecule has 0 saturated carbocycles. The minimum Gasteiger partial charge on any atom is -0.493 e. The van der Waals surface area contributed by atoms with Gasteiger partial charge in [0.25, 0.3) is 0 Å². The molecule has 1 aromatic carbocycles. The van der Waals surface area contributed by atoms with Gasteiger partial charge in [-0.2, -0.15) is 0 Å². The molecule has 2 unspecified atom stereocenters. The van der Waals surface area contributed by atoms with Crippen molar-refractivity contribution in [2.24, 2.45) is 0 Å². The van der Waals surface area contributed by atoms with Gasteiger partial charge in [0, 0.05) is 23.4 Å². The highest BCUT2D eigenvalue weighted by atomic mass is 32.1. The maximum absolute atomic E-state index is 5.59. The Bertz CT molecular complexity index is 579. The normalized spacial score (nSPS) is 16.3. The Morgan fingerprint density at radius 1 is 1.33 bits per heavy atom. The van der Waals surface area contributed by atoms with Gasteiger partial charge in [0.2, 0.25) is 0 Å². The number of fused-ring (bicyclic) bond motifs is 1. The fourth-order valence-electron chi connectivity index (χ4n) is 2.96. The van der Waals surface area contributed by atoms with Gasteiger partial charge in [0.1, 0.15) is 5.75 Å². The lowest BCUT2D eigenvalue weighted by molar-refractivity contribution is 0.356. The molecule has 1 aromatic heterocycles. The summed E-state index contributed by atoms with van der Waals surface area (Å²) in [5.41, 5.74) is 2.71. The zero-order chi connectivity index (χ0) is 14.7. The topological polar surface area (TPSA) is 21.3 Å². The van der Waals surface area contributed by atoms with E-state index in [-0.39, 0.29) is 0 Å². The molecule has 2 heterocycles. The lowest BCUT2D eigenvalue weighted by atomic mass is 10.0. The van der Waals surface area contributed by atoms with Crippen molar-refractivity contribution in [3.8, 4) is 5.75 Å². The van der Waals surface area contributed by atoms with Crippen molar-refractivity contribution in [2.75, 3.05) is 6.61 Å². The summed E-state index contributed by atoms with van der Waals surface area (Å²) in [6, 6.07) is 11.8. The molecule has 0 radical (unpaired) electrons. The van der Waals surface area contributed by atoms with Crippen molar-refractivity contribution < 1.29 is 4.74 Å². The van der Waals surface area contributed by atoms with Crippen LogP contribution in [0.1, 0.15) is 54.8 Å². The second-order valence-electron chi connectivity index (χ2n) is 5.71. The minimum atomic E-state index is 0.356. The zero-order valence-corrected chi connectivity index (χ0v) is 13.6. The smallest absolute Gasteiger partial charge is 0.122 e. The summed E-state index contributed by atoms with van der Waals surface area (Å²) in [6.45, 7) is 5.34. The van der Waals surface area contributed by atoms with Crippen LogP contribution < -0.4 is 10.1 Å². The summed E-state index contributed by atoms with van der Waals surface area (Å²) in [6.07, 6.45) is 3.42. The van der Waals surface area contributed by atoms with Crippen molar-refractivity contribution in [1.82, 2.24) is 5.32 Å². The largest absolute Gasteiger partial charge is 0.493 e. The molecule has 1 aliphatic heterocycles. The standard InChI is InChI=1S/C18H23NOS/c1-3-5-16(18-6-4-11-21-18)19-13(2)14-7-8-17-15(12-14)9-10-20-17/h4,6-8,11-13,16,19H,3,5,9-10H2,1-2H3. The minimum absolute atomic E-state index is 0.356. The number of hydrogen-bond donors (Lipinski definition) is 1. The van der Waals surface area contributed by atoms with Gasteiger partial charge in [-0.3, -0.25) is 0 Å². The van der Waals surface area contributed by atoms with E-state index in [9.17, 15) is 0 Å². The van der Waals surface area contributed by atoms with Crippen LogP contribution in [0.2, 0.25) is 0 Å². The van der Waals surface area contributed by atoms with E-state index >= 15 is 0 Å². The zero-order valence-electron chi connectivity index (χ0n) is 12.8. The summed E-state index contributed by atoms with van der Waals surface area (Å²) >= 11 is 1.85. The maximum atomic E-state index is 5.59. The Labute approximate surface area is 131 Å². The van der Waals surface area contributed by atoms with Crippen LogP contribution in [0.4, 0.5) is 0 Å². The number of nitrogens with one attached hydrogen (secondary N) is 1.